The van der Waals surface area contributed by atoms with Crippen LogP contribution in [0.25, 0.3) is 5.69 Å². The largest absolute Gasteiger partial charge is 0.342 e. The predicted molar refractivity (Wildman–Crippen MR) is 103 cm³/mol. The van der Waals surface area contributed by atoms with Crippen molar-refractivity contribution in [1.82, 2.24) is 19.9 Å². The second kappa shape index (κ2) is 7.82. The molecule has 1 heterocycles. The summed E-state index contributed by atoms with van der Waals surface area (Å²) in [7, 11) is 1.73. The average Bonchev–Trinajstić information content (AvgIpc) is 3.04. The molecule has 0 radical (unpaired) electrons. The molecule has 7 heteroatoms. The van der Waals surface area contributed by atoms with Crippen LogP contribution in [0.2, 0.25) is 0 Å². The fourth-order valence-electron chi connectivity index (χ4n) is 2.59. The quantitative estimate of drug-likeness (QED) is 0.756. The van der Waals surface area contributed by atoms with Crippen LogP contribution in [0.3, 0.4) is 0 Å². The Balaban J connectivity index is 1.76. The summed E-state index contributed by atoms with van der Waals surface area (Å²) in [6, 6.07) is 16.8. The van der Waals surface area contributed by atoms with Gasteiger partial charge in [-0.05, 0) is 36.8 Å². The van der Waals surface area contributed by atoms with Gasteiger partial charge in [0.2, 0.25) is 5.91 Å². The molecule has 0 aliphatic carbocycles. The van der Waals surface area contributed by atoms with Crippen molar-refractivity contribution in [2.45, 2.75) is 20.4 Å². The Morgan fingerprint density at radius 3 is 2.52 bits per heavy atom. The van der Waals surface area contributed by atoms with Crippen molar-refractivity contribution in [3.05, 3.63) is 71.5 Å². The maximum atomic E-state index is 12.6. The maximum Gasteiger partial charge on any atom is 0.278 e. The summed E-state index contributed by atoms with van der Waals surface area (Å²) < 4.78 is 0. The first kappa shape index (κ1) is 18.3. The van der Waals surface area contributed by atoms with E-state index in [-0.39, 0.29) is 17.5 Å². The van der Waals surface area contributed by atoms with Crippen molar-refractivity contribution in [1.29, 1.82) is 0 Å². The van der Waals surface area contributed by atoms with Gasteiger partial charge in [-0.1, -0.05) is 30.3 Å². The number of para-hydroxylation sites is 1. The number of aromatic nitrogens is 3. The summed E-state index contributed by atoms with van der Waals surface area (Å²) in [6.07, 6.45) is 0. The zero-order valence-corrected chi connectivity index (χ0v) is 15.5. The number of hydrogen-bond donors (Lipinski definition) is 1. The van der Waals surface area contributed by atoms with Gasteiger partial charge in [0, 0.05) is 26.2 Å². The summed E-state index contributed by atoms with van der Waals surface area (Å²) in [5.74, 6) is -0.343. The number of nitrogens with one attached hydrogen (secondary N) is 1. The predicted octanol–water partition coefficient (Wildman–Crippen LogP) is 2.81. The highest BCUT2D eigenvalue weighted by atomic mass is 16.2. The summed E-state index contributed by atoms with van der Waals surface area (Å²) in [6.45, 7) is 3.74. The smallest absolute Gasteiger partial charge is 0.278 e. The lowest BCUT2D eigenvalue weighted by Gasteiger charge is -2.15. The van der Waals surface area contributed by atoms with E-state index in [4.69, 9.17) is 0 Å². The molecule has 27 heavy (non-hydrogen) atoms. The lowest BCUT2D eigenvalue weighted by Crippen LogP contribution is -2.23. The van der Waals surface area contributed by atoms with Crippen molar-refractivity contribution in [3.63, 3.8) is 0 Å². The number of amides is 2. The summed E-state index contributed by atoms with van der Waals surface area (Å²) in [5, 5.41) is 11.5. The molecule has 2 aromatic carbocycles. The van der Waals surface area contributed by atoms with E-state index in [1.807, 2.05) is 48.5 Å². The number of rotatable bonds is 5. The molecule has 7 nitrogen and oxygen atoms in total. The zero-order valence-electron chi connectivity index (χ0n) is 15.5. The van der Waals surface area contributed by atoms with E-state index >= 15 is 0 Å². The van der Waals surface area contributed by atoms with Crippen LogP contribution in [0.5, 0.6) is 0 Å². The van der Waals surface area contributed by atoms with Gasteiger partial charge in [-0.3, -0.25) is 9.59 Å². The van der Waals surface area contributed by atoms with Gasteiger partial charge in [0.05, 0.1) is 11.4 Å². The average molecular weight is 363 g/mol. The number of carbonyl (C=O) groups is 2. The number of benzene rings is 2. The van der Waals surface area contributed by atoms with Gasteiger partial charge >= 0.3 is 0 Å². The number of anilines is 1. The normalized spacial score (nSPS) is 10.5. The summed E-state index contributed by atoms with van der Waals surface area (Å²) in [4.78, 5) is 27.1. The Morgan fingerprint density at radius 2 is 1.81 bits per heavy atom. The monoisotopic (exact) mass is 363 g/mol. The second-order valence-corrected chi connectivity index (χ2v) is 6.29. The second-order valence-electron chi connectivity index (χ2n) is 6.29. The Morgan fingerprint density at radius 1 is 1.07 bits per heavy atom. The number of hydrogen-bond acceptors (Lipinski definition) is 4. The van der Waals surface area contributed by atoms with Crippen molar-refractivity contribution in [3.8, 4) is 5.69 Å². The highest BCUT2D eigenvalue weighted by molar-refractivity contribution is 6.03. The van der Waals surface area contributed by atoms with E-state index in [2.05, 4.69) is 15.5 Å². The Bertz CT molecular complexity index is 966. The number of carbonyl (C=O) groups excluding carboxylic acids is 2. The minimum absolute atomic E-state index is 0.0161. The van der Waals surface area contributed by atoms with Crippen LogP contribution in [-0.4, -0.2) is 38.8 Å². The van der Waals surface area contributed by atoms with Crippen molar-refractivity contribution in [2.24, 2.45) is 0 Å². The molecule has 138 valence electrons. The Kier molecular flexibility index (Phi) is 5.30. The molecule has 0 saturated heterocycles. The first-order chi connectivity index (χ1) is 12.9. The van der Waals surface area contributed by atoms with Gasteiger partial charge in [0.25, 0.3) is 5.91 Å². The Labute approximate surface area is 157 Å². The van der Waals surface area contributed by atoms with E-state index in [0.29, 0.717) is 17.9 Å². The molecule has 0 unspecified atom stereocenters. The summed E-state index contributed by atoms with van der Waals surface area (Å²) in [5.41, 5.74) is 3.17. The highest BCUT2D eigenvalue weighted by Crippen LogP contribution is 2.15. The van der Waals surface area contributed by atoms with Crippen LogP contribution in [0, 0.1) is 6.92 Å². The van der Waals surface area contributed by atoms with Crippen LogP contribution in [0.1, 0.15) is 28.7 Å². The molecule has 0 aliphatic heterocycles. The topological polar surface area (TPSA) is 80.1 Å². The number of nitrogens with zero attached hydrogens (tertiary/aromatic N) is 4. The third-order valence-electron chi connectivity index (χ3n) is 4.13. The van der Waals surface area contributed by atoms with Gasteiger partial charge < -0.3 is 10.2 Å². The molecule has 1 N–H and O–H groups in total. The third kappa shape index (κ3) is 4.38. The first-order valence-corrected chi connectivity index (χ1v) is 8.55. The SMILES string of the molecule is CC(=O)N(C)Cc1cccc(NC(=O)c2nn(-c3ccccc3)nc2C)c1. The maximum absolute atomic E-state index is 12.6. The van der Waals surface area contributed by atoms with Crippen molar-refractivity contribution >= 4 is 17.5 Å². The highest BCUT2D eigenvalue weighted by Gasteiger charge is 2.16. The van der Waals surface area contributed by atoms with E-state index in [1.54, 1.807) is 24.9 Å². The van der Waals surface area contributed by atoms with E-state index < -0.39 is 0 Å². The molecule has 0 bridgehead atoms. The zero-order chi connectivity index (χ0) is 19.4. The first-order valence-electron chi connectivity index (χ1n) is 8.55. The standard InChI is InChI=1S/C20H21N5O2/c1-14-19(23-25(22-14)18-10-5-4-6-11-18)20(27)21-17-9-7-8-16(12-17)13-24(3)15(2)26/h4-12H,13H2,1-3H3,(H,21,27). The van der Waals surface area contributed by atoms with Crippen LogP contribution in [0.15, 0.2) is 54.6 Å². The summed E-state index contributed by atoms with van der Waals surface area (Å²) >= 11 is 0. The van der Waals surface area contributed by atoms with Gasteiger partial charge in [-0.25, -0.2) is 0 Å². The van der Waals surface area contributed by atoms with Gasteiger partial charge in [-0.2, -0.15) is 9.90 Å². The molecule has 2 amide bonds. The lowest BCUT2D eigenvalue weighted by molar-refractivity contribution is -0.128. The van der Waals surface area contributed by atoms with Crippen molar-refractivity contribution in [2.75, 3.05) is 12.4 Å². The van der Waals surface area contributed by atoms with E-state index in [1.165, 1.54) is 11.7 Å². The molecule has 3 rings (SSSR count). The van der Waals surface area contributed by atoms with Crippen LogP contribution < -0.4 is 5.32 Å². The molecule has 0 spiro atoms. The fourth-order valence-corrected chi connectivity index (χ4v) is 2.59. The molecule has 0 fully saturated rings. The molecule has 3 aromatic rings. The van der Waals surface area contributed by atoms with E-state index in [9.17, 15) is 9.59 Å². The van der Waals surface area contributed by atoms with E-state index in [0.717, 1.165) is 11.3 Å². The van der Waals surface area contributed by atoms with Crippen LogP contribution in [0.4, 0.5) is 5.69 Å². The Hall–Kier alpha value is -3.48. The molecular formula is C20H21N5O2. The van der Waals surface area contributed by atoms with Gasteiger partial charge in [0.1, 0.15) is 0 Å². The van der Waals surface area contributed by atoms with Gasteiger partial charge in [-0.15, -0.1) is 5.10 Å². The third-order valence-corrected chi connectivity index (χ3v) is 4.13. The number of aryl methyl sites for hydroxylation is 1. The van der Waals surface area contributed by atoms with Gasteiger partial charge in [0.15, 0.2) is 5.69 Å². The van der Waals surface area contributed by atoms with Crippen LogP contribution in [-0.2, 0) is 11.3 Å². The molecule has 1 aromatic heterocycles. The minimum atomic E-state index is -0.327. The van der Waals surface area contributed by atoms with Crippen LogP contribution >= 0.6 is 0 Å². The van der Waals surface area contributed by atoms with Crippen molar-refractivity contribution < 1.29 is 9.59 Å². The minimum Gasteiger partial charge on any atom is -0.342 e. The molecule has 0 saturated carbocycles. The molecular weight excluding hydrogens is 342 g/mol. The molecule has 0 aliphatic rings. The fraction of sp³-hybridized carbons (Fsp3) is 0.200. The molecule has 0 atom stereocenters. The lowest BCUT2D eigenvalue weighted by atomic mass is 10.2.